The summed E-state index contributed by atoms with van der Waals surface area (Å²) in [5.74, 6) is -0.435. The molecule has 0 bridgehead atoms. The van der Waals surface area contributed by atoms with E-state index in [0.717, 1.165) is 0 Å². The summed E-state index contributed by atoms with van der Waals surface area (Å²) in [6.07, 6.45) is 0. The Morgan fingerprint density at radius 1 is 1.45 bits per heavy atom. The summed E-state index contributed by atoms with van der Waals surface area (Å²) < 4.78 is 24.4. The van der Waals surface area contributed by atoms with Crippen molar-refractivity contribution in [3.8, 4) is 0 Å². The highest BCUT2D eigenvalue weighted by Crippen LogP contribution is 2.25. The molecule has 0 rings (SSSR count). The van der Waals surface area contributed by atoms with Gasteiger partial charge in [-0.25, -0.2) is 8.42 Å². The number of nitrogens with zero attached hydrogens (tertiary/aromatic N) is 1. The summed E-state index contributed by atoms with van der Waals surface area (Å²) >= 11 is 1.75. The molecule has 66 valence electrons. The van der Waals surface area contributed by atoms with Crippen LogP contribution in [0.2, 0.25) is 0 Å². The van der Waals surface area contributed by atoms with E-state index in [-0.39, 0.29) is 0 Å². The zero-order chi connectivity index (χ0) is 9.28. The van der Waals surface area contributed by atoms with Gasteiger partial charge in [0.05, 0.1) is 0 Å². The van der Waals surface area contributed by atoms with Crippen LogP contribution in [0.4, 0.5) is 0 Å². The summed E-state index contributed by atoms with van der Waals surface area (Å²) in [5, 5.41) is 0. The molecular formula is C4H10IN3O2S. The van der Waals surface area contributed by atoms with E-state index in [1.54, 1.807) is 22.6 Å². The molecule has 7 heteroatoms. The van der Waals surface area contributed by atoms with Crippen molar-refractivity contribution >= 4 is 38.6 Å². The molecule has 0 atom stereocenters. The second kappa shape index (κ2) is 3.13. The third-order valence-corrected chi connectivity index (χ3v) is 4.19. The van der Waals surface area contributed by atoms with Crippen molar-refractivity contribution < 1.29 is 8.42 Å². The number of guanidine groups is 1. The summed E-state index contributed by atoms with van der Waals surface area (Å²) in [6.45, 7) is 3.02. The molecule has 0 aromatic rings. The van der Waals surface area contributed by atoms with E-state index in [9.17, 15) is 8.42 Å². The maximum Gasteiger partial charge on any atom is 0.270 e. The third-order valence-electron chi connectivity index (χ3n) is 0.839. The molecule has 0 spiro atoms. The average molecular weight is 291 g/mol. The molecule has 0 aliphatic carbocycles. The Morgan fingerprint density at radius 2 is 1.82 bits per heavy atom. The molecule has 0 aromatic heterocycles. The minimum Gasteiger partial charge on any atom is -0.369 e. The maximum absolute atomic E-state index is 11.1. The van der Waals surface area contributed by atoms with E-state index in [1.165, 1.54) is 13.8 Å². The summed E-state index contributed by atoms with van der Waals surface area (Å²) in [4.78, 5) is 0. The second-order valence-corrected chi connectivity index (χ2v) is 7.94. The molecule has 0 fully saturated rings. The zero-order valence-electron chi connectivity index (χ0n) is 6.20. The first-order valence-electron chi connectivity index (χ1n) is 2.71. The fraction of sp³-hybridized carbons (Fsp3) is 0.750. The van der Waals surface area contributed by atoms with Gasteiger partial charge in [-0.1, -0.05) is 22.6 Å². The molecule has 0 heterocycles. The van der Waals surface area contributed by atoms with Crippen LogP contribution in [-0.4, -0.2) is 17.1 Å². The highest BCUT2D eigenvalue weighted by Gasteiger charge is 2.30. The predicted octanol–water partition coefficient (Wildman–Crippen LogP) is -0.239. The quantitative estimate of drug-likeness (QED) is 0.317. The molecule has 11 heavy (non-hydrogen) atoms. The summed E-state index contributed by atoms with van der Waals surface area (Å²) in [6, 6.07) is 0. The lowest BCUT2D eigenvalue weighted by atomic mass is 10.6. The van der Waals surface area contributed by atoms with Gasteiger partial charge in [-0.05, 0) is 13.8 Å². The zero-order valence-corrected chi connectivity index (χ0v) is 9.18. The highest BCUT2D eigenvalue weighted by atomic mass is 127. The third kappa shape index (κ3) is 3.23. The summed E-state index contributed by atoms with van der Waals surface area (Å²) in [5.41, 5.74) is 9.84. The minimum absolute atomic E-state index is 0.435. The van der Waals surface area contributed by atoms with Crippen molar-refractivity contribution in [2.45, 2.75) is 16.6 Å². The van der Waals surface area contributed by atoms with Crippen molar-refractivity contribution in [3.05, 3.63) is 0 Å². The van der Waals surface area contributed by atoms with Gasteiger partial charge in [0.2, 0.25) is 5.96 Å². The molecule has 0 aliphatic rings. The standard InChI is InChI=1S/C4H10IN3O2S/c1-4(2,5)11(9,10)8-3(6)7/h1-2H3,(H4,6,7,8). The maximum atomic E-state index is 11.1. The van der Waals surface area contributed by atoms with Gasteiger partial charge in [0, 0.05) is 0 Å². The van der Waals surface area contributed by atoms with Gasteiger partial charge in [0.1, 0.15) is 2.75 Å². The van der Waals surface area contributed by atoms with Crippen molar-refractivity contribution in [1.82, 2.24) is 0 Å². The molecule has 4 N–H and O–H groups in total. The lowest BCUT2D eigenvalue weighted by Crippen LogP contribution is -2.29. The second-order valence-electron chi connectivity index (χ2n) is 2.35. The van der Waals surface area contributed by atoms with Gasteiger partial charge >= 0.3 is 0 Å². The van der Waals surface area contributed by atoms with E-state index in [4.69, 9.17) is 11.5 Å². The van der Waals surface area contributed by atoms with Gasteiger partial charge < -0.3 is 11.5 Å². The lowest BCUT2D eigenvalue weighted by molar-refractivity contribution is 0.587. The van der Waals surface area contributed by atoms with Crippen LogP contribution in [0.15, 0.2) is 4.40 Å². The number of nitrogens with two attached hydrogens (primary N) is 2. The first-order valence-corrected chi connectivity index (χ1v) is 5.23. The van der Waals surface area contributed by atoms with Crippen LogP contribution in [0.25, 0.3) is 0 Å². The molecular weight excluding hydrogens is 281 g/mol. The minimum atomic E-state index is -3.57. The Hall–Kier alpha value is -0.0500. The van der Waals surface area contributed by atoms with Gasteiger partial charge in [0.25, 0.3) is 10.0 Å². The van der Waals surface area contributed by atoms with Gasteiger partial charge in [-0.3, -0.25) is 0 Å². The van der Waals surface area contributed by atoms with Crippen LogP contribution in [0.1, 0.15) is 13.8 Å². The van der Waals surface area contributed by atoms with Crippen LogP contribution < -0.4 is 11.5 Å². The Bertz CT molecular complexity index is 260. The summed E-state index contributed by atoms with van der Waals surface area (Å²) in [7, 11) is -3.57. The van der Waals surface area contributed by atoms with E-state index in [2.05, 4.69) is 4.40 Å². The fourth-order valence-electron chi connectivity index (χ4n) is 0.247. The Labute approximate surface area is 79.4 Å². The number of halogens is 1. The van der Waals surface area contributed by atoms with Gasteiger partial charge in [-0.15, -0.1) is 4.40 Å². The number of alkyl halides is 1. The highest BCUT2D eigenvalue weighted by molar-refractivity contribution is 14.1. The van der Waals surface area contributed by atoms with Gasteiger partial charge in [0.15, 0.2) is 0 Å². The largest absolute Gasteiger partial charge is 0.369 e. The Morgan fingerprint density at radius 3 is 1.91 bits per heavy atom. The van der Waals surface area contributed by atoms with Crippen LogP contribution in [0.5, 0.6) is 0 Å². The molecule has 0 radical (unpaired) electrons. The fourth-order valence-corrected chi connectivity index (χ4v) is 1.04. The van der Waals surface area contributed by atoms with E-state index in [1.807, 2.05) is 0 Å². The van der Waals surface area contributed by atoms with Gasteiger partial charge in [-0.2, -0.15) is 0 Å². The molecule has 0 aromatic carbocycles. The molecule has 0 aliphatic heterocycles. The topological polar surface area (TPSA) is 98.5 Å². The molecule has 0 saturated heterocycles. The number of hydrogen-bond acceptors (Lipinski definition) is 2. The normalized spacial score (nSPS) is 12.6. The van der Waals surface area contributed by atoms with E-state index in [0.29, 0.717) is 0 Å². The number of rotatable bonds is 2. The van der Waals surface area contributed by atoms with Crippen molar-refractivity contribution in [2.75, 3.05) is 0 Å². The smallest absolute Gasteiger partial charge is 0.270 e. The average Bonchev–Trinajstić information content (AvgIpc) is 1.56. The van der Waals surface area contributed by atoms with E-state index >= 15 is 0 Å². The number of hydrogen-bond donors (Lipinski definition) is 2. The van der Waals surface area contributed by atoms with Crippen LogP contribution >= 0.6 is 22.6 Å². The van der Waals surface area contributed by atoms with Crippen LogP contribution in [0, 0.1) is 0 Å². The first kappa shape index (κ1) is 11.0. The van der Waals surface area contributed by atoms with E-state index < -0.39 is 18.7 Å². The Balaban J connectivity index is 4.95. The Kier molecular flexibility index (Phi) is 3.12. The SMILES string of the molecule is CC(C)(I)S(=O)(=O)N=C(N)N. The molecule has 0 unspecified atom stereocenters. The molecule has 0 saturated carbocycles. The number of sulfonamides is 1. The van der Waals surface area contributed by atoms with Crippen molar-refractivity contribution in [3.63, 3.8) is 0 Å². The van der Waals surface area contributed by atoms with Crippen molar-refractivity contribution in [1.29, 1.82) is 0 Å². The lowest BCUT2D eigenvalue weighted by Gasteiger charge is -2.12. The first-order chi connectivity index (χ1) is 4.67. The van der Waals surface area contributed by atoms with Crippen LogP contribution in [0.3, 0.4) is 0 Å². The molecule has 5 nitrogen and oxygen atoms in total. The van der Waals surface area contributed by atoms with Crippen LogP contribution in [-0.2, 0) is 10.0 Å². The van der Waals surface area contributed by atoms with Crippen molar-refractivity contribution in [2.24, 2.45) is 15.9 Å². The predicted molar refractivity (Wildman–Crippen MR) is 52.8 cm³/mol. The molecule has 0 amide bonds. The monoisotopic (exact) mass is 291 g/mol.